The van der Waals surface area contributed by atoms with Gasteiger partial charge in [-0.25, -0.2) is 0 Å². The molecule has 2 aromatic carbocycles. The highest BCUT2D eigenvalue weighted by Gasteiger charge is 2.21. The molecule has 1 heterocycles. The van der Waals surface area contributed by atoms with E-state index in [1.54, 1.807) is 36.4 Å². The molecule has 0 aliphatic carbocycles. The van der Waals surface area contributed by atoms with E-state index in [1.165, 1.54) is 0 Å². The van der Waals surface area contributed by atoms with Crippen molar-refractivity contribution in [3.63, 3.8) is 0 Å². The van der Waals surface area contributed by atoms with Crippen molar-refractivity contribution in [1.29, 1.82) is 0 Å². The Labute approximate surface area is 146 Å². The summed E-state index contributed by atoms with van der Waals surface area (Å²) in [5.41, 5.74) is 8.58. The lowest BCUT2D eigenvalue weighted by Gasteiger charge is -2.17. The van der Waals surface area contributed by atoms with Gasteiger partial charge in [0.05, 0.1) is 5.69 Å². The topological polar surface area (TPSA) is 87.8 Å². The average Bonchev–Trinajstić information content (AvgIpc) is 3.06. The standard InChI is InChI=1S/C19H20N4O2/c1-13-11-12-23(22-13)16-9-7-15(8-10-16)19(25)21-17(18(20)24)14-5-3-2-4-6-14/h2-10,17H,11-12H2,1H3,(H2,20,24)(H,21,25)/t17-/m1/s1. The maximum atomic E-state index is 12.5. The number of hydrogen-bond donors (Lipinski definition) is 2. The first-order valence-corrected chi connectivity index (χ1v) is 8.11. The van der Waals surface area contributed by atoms with Crippen molar-refractivity contribution in [2.45, 2.75) is 19.4 Å². The number of carbonyl (C=O) groups excluding carboxylic acids is 2. The summed E-state index contributed by atoms with van der Waals surface area (Å²) < 4.78 is 0. The second kappa shape index (κ2) is 7.17. The first kappa shape index (κ1) is 16.7. The molecular formula is C19H20N4O2. The van der Waals surface area contributed by atoms with Gasteiger partial charge in [0.25, 0.3) is 5.91 Å². The van der Waals surface area contributed by atoms with Crippen molar-refractivity contribution in [3.05, 3.63) is 65.7 Å². The normalized spacial score (nSPS) is 14.8. The van der Waals surface area contributed by atoms with Gasteiger partial charge in [-0.3, -0.25) is 14.6 Å². The summed E-state index contributed by atoms with van der Waals surface area (Å²) in [4.78, 5) is 24.2. The third-order valence-electron chi connectivity index (χ3n) is 4.10. The Kier molecular flexibility index (Phi) is 4.79. The summed E-state index contributed by atoms with van der Waals surface area (Å²) in [7, 11) is 0. The largest absolute Gasteiger partial charge is 0.368 e. The SMILES string of the molecule is CC1=NN(c2ccc(C(=O)N[C@@H](C(N)=O)c3ccccc3)cc2)CC1. The molecular weight excluding hydrogens is 316 g/mol. The van der Waals surface area contributed by atoms with Crippen molar-refractivity contribution in [1.82, 2.24) is 5.32 Å². The lowest BCUT2D eigenvalue weighted by atomic mass is 10.1. The minimum Gasteiger partial charge on any atom is -0.368 e. The molecule has 0 fully saturated rings. The zero-order valence-corrected chi connectivity index (χ0v) is 14.0. The Balaban J connectivity index is 1.73. The molecule has 3 rings (SSSR count). The Morgan fingerprint density at radius 1 is 1.12 bits per heavy atom. The van der Waals surface area contributed by atoms with Gasteiger partial charge in [-0.05, 0) is 36.8 Å². The van der Waals surface area contributed by atoms with Crippen LogP contribution in [0.5, 0.6) is 0 Å². The first-order chi connectivity index (χ1) is 12.0. The Morgan fingerprint density at radius 2 is 1.80 bits per heavy atom. The summed E-state index contributed by atoms with van der Waals surface area (Å²) in [5.74, 6) is -0.946. The molecule has 0 radical (unpaired) electrons. The number of nitrogens with one attached hydrogen (secondary N) is 1. The van der Waals surface area contributed by atoms with Crippen molar-refractivity contribution in [2.75, 3.05) is 11.6 Å². The number of primary amides is 1. The molecule has 1 atom stereocenters. The van der Waals surface area contributed by atoms with E-state index in [1.807, 2.05) is 30.1 Å². The number of nitrogens with zero attached hydrogens (tertiary/aromatic N) is 2. The van der Waals surface area contributed by atoms with E-state index < -0.39 is 11.9 Å². The lowest BCUT2D eigenvalue weighted by Crippen LogP contribution is -2.37. The summed E-state index contributed by atoms with van der Waals surface area (Å²) in [5, 5.41) is 9.03. The molecule has 0 saturated heterocycles. The molecule has 1 aliphatic rings. The van der Waals surface area contributed by atoms with Crippen LogP contribution in [0, 0.1) is 0 Å². The summed E-state index contributed by atoms with van der Waals surface area (Å²) >= 11 is 0. The Hall–Kier alpha value is -3.15. The fourth-order valence-corrected chi connectivity index (χ4v) is 2.72. The first-order valence-electron chi connectivity index (χ1n) is 8.11. The molecule has 0 unspecified atom stereocenters. The van der Waals surface area contributed by atoms with Gasteiger partial charge in [-0.2, -0.15) is 5.10 Å². The van der Waals surface area contributed by atoms with Gasteiger partial charge in [0.2, 0.25) is 5.91 Å². The van der Waals surface area contributed by atoms with Gasteiger partial charge in [-0.15, -0.1) is 0 Å². The van der Waals surface area contributed by atoms with E-state index in [-0.39, 0.29) is 5.91 Å². The monoisotopic (exact) mass is 336 g/mol. The second-order valence-corrected chi connectivity index (χ2v) is 5.97. The van der Waals surface area contributed by atoms with Gasteiger partial charge in [0.1, 0.15) is 6.04 Å². The third-order valence-corrected chi connectivity index (χ3v) is 4.10. The van der Waals surface area contributed by atoms with Gasteiger partial charge < -0.3 is 11.1 Å². The predicted molar refractivity (Wildman–Crippen MR) is 97.4 cm³/mol. The molecule has 6 nitrogen and oxygen atoms in total. The zero-order valence-electron chi connectivity index (χ0n) is 14.0. The van der Waals surface area contributed by atoms with Crippen LogP contribution in [0.25, 0.3) is 0 Å². The summed E-state index contributed by atoms with van der Waals surface area (Å²) in [6, 6.07) is 15.2. The summed E-state index contributed by atoms with van der Waals surface area (Å²) in [6.07, 6.45) is 0.944. The van der Waals surface area contributed by atoms with Crippen LogP contribution in [-0.4, -0.2) is 24.1 Å². The van der Waals surface area contributed by atoms with Crippen LogP contribution in [0.4, 0.5) is 5.69 Å². The molecule has 0 spiro atoms. The number of benzene rings is 2. The van der Waals surface area contributed by atoms with Gasteiger partial charge in [-0.1, -0.05) is 30.3 Å². The highest BCUT2D eigenvalue weighted by atomic mass is 16.2. The lowest BCUT2D eigenvalue weighted by molar-refractivity contribution is -0.120. The maximum absolute atomic E-state index is 12.5. The molecule has 0 bridgehead atoms. The number of nitrogens with two attached hydrogens (primary N) is 1. The maximum Gasteiger partial charge on any atom is 0.252 e. The van der Waals surface area contributed by atoms with Gasteiger partial charge in [0.15, 0.2) is 0 Å². The van der Waals surface area contributed by atoms with Crippen LogP contribution in [-0.2, 0) is 4.79 Å². The molecule has 2 aromatic rings. The predicted octanol–water partition coefficient (Wildman–Crippen LogP) is 2.23. The molecule has 128 valence electrons. The smallest absolute Gasteiger partial charge is 0.252 e. The fraction of sp³-hybridized carbons (Fsp3) is 0.211. The molecule has 25 heavy (non-hydrogen) atoms. The second-order valence-electron chi connectivity index (χ2n) is 5.97. The van der Waals surface area contributed by atoms with Crippen LogP contribution < -0.4 is 16.1 Å². The zero-order chi connectivity index (χ0) is 17.8. The average molecular weight is 336 g/mol. The summed E-state index contributed by atoms with van der Waals surface area (Å²) in [6.45, 7) is 2.84. The van der Waals surface area contributed by atoms with E-state index in [0.717, 1.165) is 24.4 Å². The van der Waals surface area contributed by atoms with Gasteiger partial charge >= 0.3 is 0 Å². The number of hydrazone groups is 1. The number of rotatable bonds is 5. The minimum absolute atomic E-state index is 0.347. The molecule has 3 N–H and O–H groups in total. The molecule has 2 amide bonds. The van der Waals surface area contributed by atoms with E-state index in [2.05, 4.69) is 10.4 Å². The fourth-order valence-electron chi connectivity index (χ4n) is 2.72. The quantitative estimate of drug-likeness (QED) is 0.877. The van der Waals surface area contributed by atoms with Crippen LogP contribution in [0.3, 0.4) is 0 Å². The number of carbonyl (C=O) groups is 2. The minimum atomic E-state index is -0.862. The Morgan fingerprint density at radius 3 is 2.36 bits per heavy atom. The van der Waals surface area contributed by atoms with E-state index in [9.17, 15) is 9.59 Å². The highest BCUT2D eigenvalue weighted by Crippen LogP contribution is 2.20. The van der Waals surface area contributed by atoms with Crippen LogP contribution in [0.1, 0.15) is 35.3 Å². The molecule has 0 saturated carbocycles. The van der Waals surface area contributed by atoms with Crippen LogP contribution in [0.2, 0.25) is 0 Å². The Bertz CT molecular complexity index is 800. The number of hydrogen-bond acceptors (Lipinski definition) is 4. The third kappa shape index (κ3) is 3.85. The molecule has 1 aliphatic heterocycles. The molecule has 6 heteroatoms. The van der Waals surface area contributed by atoms with Crippen LogP contribution in [0.15, 0.2) is 59.7 Å². The van der Waals surface area contributed by atoms with E-state index in [4.69, 9.17) is 5.73 Å². The number of amides is 2. The van der Waals surface area contributed by atoms with E-state index >= 15 is 0 Å². The van der Waals surface area contributed by atoms with Gasteiger partial charge in [0, 0.05) is 24.2 Å². The number of anilines is 1. The van der Waals surface area contributed by atoms with Crippen molar-refractivity contribution in [3.8, 4) is 0 Å². The van der Waals surface area contributed by atoms with E-state index in [0.29, 0.717) is 11.1 Å². The van der Waals surface area contributed by atoms with Crippen molar-refractivity contribution < 1.29 is 9.59 Å². The van der Waals surface area contributed by atoms with Crippen molar-refractivity contribution >= 4 is 23.2 Å². The van der Waals surface area contributed by atoms with Crippen molar-refractivity contribution in [2.24, 2.45) is 10.8 Å². The molecule has 0 aromatic heterocycles. The van der Waals surface area contributed by atoms with Crippen LogP contribution >= 0.6 is 0 Å². The highest BCUT2D eigenvalue weighted by molar-refractivity contribution is 5.98.